The summed E-state index contributed by atoms with van der Waals surface area (Å²) in [5.41, 5.74) is -2.72. The molecule has 13 heteroatoms. The summed E-state index contributed by atoms with van der Waals surface area (Å²) in [6.45, 7) is 3.71. The van der Waals surface area contributed by atoms with Crippen LogP contribution in [0.4, 0.5) is 23.2 Å². The minimum absolute atomic E-state index is 0.00398. The number of H-pyrrole nitrogens is 1. The molecule has 1 amide bonds. The van der Waals surface area contributed by atoms with Gasteiger partial charge >= 0.3 is 6.18 Å². The van der Waals surface area contributed by atoms with Gasteiger partial charge in [-0.1, -0.05) is 19.1 Å². The van der Waals surface area contributed by atoms with Gasteiger partial charge in [0.2, 0.25) is 5.56 Å². The zero-order valence-electron chi connectivity index (χ0n) is 23.2. The number of amides is 1. The SMILES string of the molecule is C[C@@]12COC[C@@H]1CN(C(=O)c1cc(C#N)cc(C(F)(F)F)c1N1CC[C@@H](NC(O)c3cc(=O)[nH]c4c(F)cccc34)C1)C2. The third-order valence-electron chi connectivity index (χ3n) is 8.84. The summed E-state index contributed by atoms with van der Waals surface area (Å²) in [4.78, 5) is 31.4. The van der Waals surface area contributed by atoms with Gasteiger partial charge in [0.05, 0.1) is 47.2 Å². The Hall–Kier alpha value is -3.99. The Bertz CT molecular complexity index is 1700. The van der Waals surface area contributed by atoms with Crippen molar-refractivity contribution in [1.82, 2.24) is 15.2 Å². The molecule has 6 rings (SSSR count). The van der Waals surface area contributed by atoms with Crippen molar-refractivity contribution in [2.45, 2.75) is 31.8 Å². The summed E-state index contributed by atoms with van der Waals surface area (Å²) in [5.74, 6) is -1.18. The second-order valence-corrected chi connectivity index (χ2v) is 11.8. The van der Waals surface area contributed by atoms with Gasteiger partial charge in [0.25, 0.3) is 5.91 Å². The Labute approximate surface area is 243 Å². The summed E-state index contributed by atoms with van der Waals surface area (Å²) in [6.07, 6.45) is -5.97. The number of anilines is 1. The third-order valence-corrected chi connectivity index (χ3v) is 8.84. The van der Waals surface area contributed by atoms with Gasteiger partial charge < -0.3 is 24.6 Å². The number of nitrogens with zero attached hydrogens (tertiary/aromatic N) is 3. The standard InChI is InChI=1S/C30H29F4N5O4/c1-29-14-39(11-17(29)13-43-15-29)28(42)21-7-16(10-35)8-22(30(32,33)34)26(21)38-6-5-18(12-38)36-27(41)20-9-24(40)37-25-19(20)3-2-4-23(25)31/h2-4,7-9,17-18,27,36,41H,5-6,11-15H2,1H3,(H,37,40)/t17-,18+,27?,29+/m0/s1. The number of nitrogens with one attached hydrogen (secondary N) is 2. The van der Waals surface area contributed by atoms with E-state index in [0.29, 0.717) is 32.7 Å². The van der Waals surface area contributed by atoms with Gasteiger partial charge in [-0.2, -0.15) is 18.4 Å². The number of hydrogen-bond donors (Lipinski definition) is 3. The number of benzene rings is 2. The maximum absolute atomic E-state index is 14.4. The minimum Gasteiger partial charge on any atom is -0.380 e. The normalized spacial score (nSPS) is 24.4. The number of pyridine rings is 1. The van der Waals surface area contributed by atoms with Gasteiger partial charge in [0, 0.05) is 60.6 Å². The highest BCUT2D eigenvalue weighted by atomic mass is 19.4. The third kappa shape index (κ3) is 5.24. The molecule has 3 fully saturated rings. The van der Waals surface area contributed by atoms with Crippen LogP contribution in [0.5, 0.6) is 0 Å². The van der Waals surface area contributed by atoms with Crippen molar-refractivity contribution < 1.29 is 32.2 Å². The Morgan fingerprint density at radius 2 is 2.07 bits per heavy atom. The van der Waals surface area contributed by atoms with Crippen LogP contribution < -0.4 is 15.8 Å². The van der Waals surface area contributed by atoms with Gasteiger partial charge in [0.15, 0.2) is 0 Å². The van der Waals surface area contributed by atoms with Gasteiger partial charge in [-0.3, -0.25) is 14.9 Å². The Morgan fingerprint density at radius 3 is 2.79 bits per heavy atom. The highest BCUT2D eigenvalue weighted by Crippen LogP contribution is 2.44. The molecule has 3 aliphatic heterocycles. The fourth-order valence-corrected chi connectivity index (χ4v) is 6.62. The molecular weight excluding hydrogens is 570 g/mol. The molecule has 2 aromatic carbocycles. The van der Waals surface area contributed by atoms with Crippen molar-refractivity contribution in [3.63, 3.8) is 0 Å². The molecule has 9 nitrogen and oxygen atoms in total. The van der Waals surface area contributed by atoms with Gasteiger partial charge in [-0.25, -0.2) is 4.39 Å². The molecule has 4 heterocycles. The molecule has 0 spiro atoms. The number of alkyl halides is 3. The van der Waals surface area contributed by atoms with Crippen LogP contribution in [0, 0.1) is 28.5 Å². The van der Waals surface area contributed by atoms with Crippen LogP contribution in [0.25, 0.3) is 10.9 Å². The van der Waals surface area contributed by atoms with Crippen LogP contribution in [0.1, 0.15) is 46.6 Å². The quantitative estimate of drug-likeness (QED) is 0.303. The smallest absolute Gasteiger partial charge is 0.380 e. The molecule has 0 aliphatic carbocycles. The van der Waals surface area contributed by atoms with Gasteiger partial charge in [-0.05, 0) is 24.6 Å². The van der Waals surface area contributed by atoms with E-state index in [-0.39, 0.29) is 57.7 Å². The molecule has 1 aromatic heterocycles. The highest BCUT2D eigenvalue weighted by molar-refractivity contribution is 6.01. The molecule has 43 heavy (non-hydrogen) atoms. The second kappa shape index (κ2) is 10.6. The number of ether oxygens (including phenoxy) is 1. The van der Waals surface area contributed by atoms with E-state index in [0.717, 1.165) is 12.1 Å². The summed E-state index contributed by atoms with van der Waals surface area (Å²) >= 11 is 0. The molecule has 0 bridgehead atoms. The Balaban J connectivity index is 1.31. The summed E-state index contributed by atoms with van der Waals surface area (Å²) in [7, 11) is 0. The number of rotatable bonds is 5. The first kappa shape index (κ1) is 29.1. The van der Waals surface area contributed by atoms with E-state index in [4.69, 9.17) is 4.74 Å². The Kier molecular flexibility index (Phi) is 7.19. The molecule has 0 saturated carbocycles. The monoisotopic (exact) mass is 599 g/mol. The molecule has 3 aromatic rings. The van der Waals surface area contributed by atoms with Gasteiger partial charge in [0.1, 0.15) is 12.0 Å². The second-order valence-electron chi connectivity index (χ2n) is 11.8. The lowest BCUT2D eigenvalue weighted by Crippen LogP contribution is -2.37. The molecule has 3 saturated heterocycles. The van der Waals surface area contributed by atoms with E-state index >= 15 is 0 Å². The summed E-state index contributed by atoms with van der Waals surface area (Å²) < 4.78 is 63.2. The molecule has 1 unspecified atom stereocenters. The van der Waals surface area contributed by atoms with Gasteiger partial charge in [-0.15, -0.1) is 0 Å². The van der Waals surface area contributed by atoms with Crippen molar-refractivity contribution in [3.8, 4) is 6.07 Å². The van der Waals surface area contributed by atoms with Crippen molar-refractivity contribution >= 4 is 22.5 Å². The van der Waals surface area contributed by atoms with Crippen LogP contribution in [0.2, 0.25) is 0 Å². The number of hydrogen-bond acceptors (Lipinski definition) is 7. The van der Waals surface area contributed by atoms with Crippen molar-refractivity contribution in [2.24, 2.45) is 11.3 Å². The van der Waals surface area contributed by atoms with E-state index in [1.54, 1.807) is 17.0 Å². The number of aromatic amines is 1. The van der Waals surface area contributed by atoms with E-state index in [9.17, 15) is 37.5 Å². The average Bonchev–Trinajstić information content (AvgIpc) is 3.65. The van der Waals surface area contributed by atoms with E-state index in [2.05, 4.69) is 10.3 Å². The number of nitriles is 1. The molecular formula is C30H29F4N5O4. The molecule has 226 valence electrons. The van der Waals surface area contributed by atoms with Crippen LogP contribution in [0.3, 0.4) is 0 Å². The lowest BCUT2D eigenvalue weighted by Gasteiger charge is -2.29. The average molecular weight is 600 g/mol. The first-order valence-electron chi connectivity index (χ1n) is 13.9. The van der Waals surface area contributed by atoms with Crippen LogP contribution in [-0.2, 0) is 10.9 Å². The number of aliphatic hydroxyl groups excluding tert-OH is 1. The van der Waals surface area contributed by atoms with E-state index < -0.39 is 41.3 Å². The zero-order chi connectivity index (χ0) is 30.7. The van der Waals surface area contributed by atoms with Crippen LogP contribution >= 0.6 is 0 Å². The maximum Gasteiger partial charge on any atom is 0.418 e. The van der Waals surface area contributed by atoms with E-state index in [1.165, 1.54) is 23.1 Å². The van der Waals surface area contributed by atoms with Crippen molar-refractivity contribution in [1.29, 1.82) is 5.26 Å². The summed E-state index contributed by atoms with van der Waals surface area (Å²) in [6, 6.07) is 8.48. The number of aliphatic hydroxyl groups is 1. The largest absolute Gasteiger partial charge is 0.418 e. The van der Waals surface area contributed by atoms with Crippen molar-refractivity contribution in [3.05, 3.63) is 74.8 Å². The number of carbonyl (C=O) groups is 1. The first-order valence-corrected chi connectivity index (χ1v) is 13.9. The molecule has 0 radical (unpaired) electrons. The van der Waals surface area contributed by atoms with E-state index in [1.807, 2.05) is 6.92 Å². The van der Waals surface area contributed by atoms with Crippen molar-refractivity contribution in [2.75, 3.05) is 44.3 Å². The lowest BCUT2D eigenvalue weighted by molar-refractivity contribution is -0.137. The number of aromatic nitrogens is 1. The predicted octanol–water partition coefficient (Wildman–Crippen LogP) is 3.53. The predicted molar refractivity (Wildman–Crippen MR) is 148 cm³/mol. The molecule has 4 atom stereocenters. The molecule has 3 N–H and O–H groups in total. The number of halogens is 4. The topological polar surface area (TPSA) is 122 Å². The summed E-state index contributed by atoms with van der Waals surface area (Å²) in [5, 5.41) is 23.8. The first-order chi connectivity index (χ1) is 20.4. The maximum atomic E-state index is 14.4. The highest BCUT2D eigenvalue weighted by Gasteiger charge is 2.49. The number of likely N-dealkylation sites (tertiary alicyclic amines) is 1. The number of fused-ring (bicyclic) bond motifs is 2. The minimum atomic E-state index is -4.85. The fourth-order valence-electron chi connectivity index (χ4n) is 6.62. The van der Waals surface area contributed by atoms with Crippen LogP contribution in [-0.4, -0.2) is 66.3 Å². The zero-order valence-corrected chi connectivity index (χ0v) is 23.2. The number of para-hydroxylation sites is 1. The fraction of sp³-hybridized carbons (Fsp3) is 0.433. The molecule has 3 aliphatic rings. The number of carbonyl (C=O) groups excluding carboxylic acids is 1. The van der Waals surface area contributed by atoms with Crippen LogP contribution in [0.15, 0.2) is 41.2 Å². The lowest BCUT2D eigenvalue weighted by atomic mass is 9.83. The Morgan fingerprint density at radius 1 is 1.28 bits per heavy atom.